The molecule has 168 valence electrons. The number of aromatic nitrogens is 2. The first-order chi connectivity index (χ1) is 16.0. The summed E-state index contributed by atoms with van der Waals surface area (Å²) >= 11 is 0. The zero-order chi connectivity index (χ0) is 23.8. The monoisotopic (exact) mass is 445 g/mol. The van der Waals surface area contributed by atoms with Crippen LogP contribution in [0.4, 0.5) is 0 Å². The molecule has 1 N–H and O–H groups in total. The van der Waals surface area contributed by atoms with Crippen LogP contribution in [-0.4, -0.2) is 35.1 Å². The summed E-state index contributed by atoms with van der Waals surface area (Å²) in [7, 11) is 0. The molecule has 1 aromatic heterocycles. The summed E-state index contributed by atoms with van der Waals surface area (Å²) in [5.41, 5.74) is 2.86. The SMILES string of the molecule is CCOc1ccc(/C=N/NC(=O)c2nn(-c3ccc(OCC)cc3)c(=O)c(C#N)c2C)cc1. The second kappa shape index (κ2) is 10.7. The lowest BCUT2D eigenvalue weighted by Gasteiger charge is -2.11. The van der Waals surface area contributed by atoms with Crippen molar-refractivity contribution in [3.63, 3.8) is 0 Å². The minimum atomic E-state index is -0.647. The molecular formula is C24H23N5O4. The Balaban J connectivity index is 1.87. The smallest absolute Gasteiger partial charge is 0.292 e. The van der Waals surface area contributed by atoms with Crippen LogP contribution in [-0.2, 0) is 0 Å². The van der Waals surface area contributed by atoms with E-state index in [-0.39, 0.29) is 16.8 Å². The number of ether oxygens (including phenoxy) is 2. The standard InChI is InChI=1S/C24H23N5O4/c1-4-32-19-10-6-17(7-11-19)15-26-27-23(30)22-16(3)21(14-25)24(31)29(28-22)18-8-12-20(13-9-18)33-5-2/h6-13,15H,4-5H2,1-3H3,(H,27,30)/b26-15+. The molecule has 33 heavy (non-hydrogen) atoms. The predicted octanol–water partition coefficient (Wildman–Crippen LogP) is 2.97. The van der Waals surface area contributed by atoms with Crippen LogP contribution in [0.15, 0.2) is 58.4 Å². The number of rotatable bonds is 8. The van der Waals surface area contributed by atoms with Crippen LogP contribution < -0.4 is 20.5 Å². The lowest BCUT2D eigenvalue weighted by atomic mass is 10.1. The molecule has 3 aromatic rings. The van der Waals surface area contributed by atoms with Crippen LogP contribution in [0.1, 0.15) is 41.0 Å². The summed E-state index contributed by atoms with van der Waals surface area (Å²) in [5.74, 6) is 0.716. The Morgan fingerprint density at radius 2 is 1.67 bits per heavy atom. The van der Waals surface area contributed by atoms with E-state index < -0.39 is 11.5 Å². The summed E-state index contributed by atoms with van der Waals surface area (Å²) < 4.78 is 11.8. The molecule has 1 heterocycles. The number of amides is 1. The predicted molar refractivity (Wildman–Crippen MR) is 123 cm³/mol. The average Bonchev–Trinajstić information content (AvgIpc) is 2.82. The fourth-order valence-electron chi connectivity index (χ4n) is 3.01. The van der Waals surface area contributed by atoms with Crippen molar-refractivity contribution in [3.8, 4) is 23.3 Å². The molecule has 0 saturated heterocycles. The van der Waals surface area contributed by atoms with E-state index in [1.165, 1.54) is 13.1 Å². The summed E-state index contributed by atoms with van der Waals surface area (Å²) in [6.07, 6.45) is 1.47. The third-order valence-corrected chi connectivity index (χ3v) is 4.63. The highest BCUT2D eigenvalue weighted by Gasteiger charge is 2.20. The van der Waals surface area contributed by atoms with Gasteiger partial charge in [0.25, 0.3) is 11.5 Å². The minimum Gasteiger partial charge on any atom is -0.494 e. The van der Waals surface area contributed by atoms with E-state index in [1.807, 2.05) is 19.9 Å². The van der Waals surface area contributed by atoms with Gasteiger partial charge in [0.2, 0.25) is 0 Å². The summed E-state index contributed by atoms with van der Waals surface area (Å²) in [6, 6.07) is 15.7. The largest absolute Gasteiger partial charge is 0.494 e. The number of carbonyl (C=O) groups is 1. The Bertz CT molecular complexity index is 1260. The number of hydrogen-bond acceptors (Lipinski definition) is 7. The summed E-state index contributed by atoms with van der Waals surface area (Å²) in [5, 5.41) is 17.6. The van der Waals surface area contributed by atoms with Crippen LogP contribution in [0.25, 0.3) is 5.69 Å². The maximum Gasteiger partial charge on any atom is 0.292 e. The Morgan fingerprint density at radius 3 is 2.21 bits per heavy atom. The quantitative estimate of drug-likeness (QED) is 0.421. The molecule has 0 bridgehead atoms. The molecule has 0 radical (unpaired) electrons. The summed E-state index contributed by atoms with van der Waals surface area (Å²) in [4.78, 5) is 25.5. The zero-order valence-electron chi connectivity index (χ0n) is 18.5. The second-order valence-electron chi connectivity index (χ2n) is 6.81. The molecule has 0 fully saturated rings. The van der Waals surface area contributed by atoms with Gasteiger partial charge in [-0.1, -0.05) is 0 Å². The first-order valence-corrected chi connectivity index (χ1v) is 10.3. The van der Waals surface area contributed by atoms with Crippen LogP contribution in [0.5, 0.6) is 11.5 Å². The van der Waals surface area contributed by atoms with Crippen molar-refractivity contribution in [3.05, 3.63) is 81.3 Å². The Hall–Kier alpha value is -4.45. The Labute approximate surface area is 190 Å². The fourth-order valence-corrected chi connectivity index (χ4v) is 3.01. The lowest BCUT2D eigenvalue weighted by Crippen LogP contribution is -2.31. The van der Waals surface area contributed by atoms with Crippen LogP contribution in [0, 0.1) is 18.3 Å². The number of hydrazone groups is 1. The molecule has 0 aliphatic carbocycles. The molecule has 2 aromatic carbocycles. The van der Waals surface area contributed by atoms with E-state index in [2.05, 4.69) is 15.6 Å². The number of nitrogens with one attached hydrogen (secondary N) is 1. The highest BCUT2D eigenvalue weighted by Crippen LogP contribution is 2.15. The first-order valence-electron chi connectivity index (χ1n) is 10.3. The molecular weight excluding hydrogens is 422 g/mol. The van der Waals surface area contributed by atoms with E-state index in [0.717, 1.165) is 16.0 Å². The fraction of sp³-hybridized carbons (Fsp3) is 0.208. The molecule has 0 atom stereocenters. The normalized spacial score (nSPS) is 10.6. The van der Waals surface area contributed by atoms with Crippen molar-refractivity contribution in [2.75, 3.05) is 13.2 Å². The van der Waals surface area contributed by atoms with Gasteiger partial charge in [-0.2, -0.15) is 20.1 Å². The van der Waals surface area contributed by atoms with Gasteiger partial charge in [0.1, 0.15) is 23.1 Å². The number of benzene rings is 2. The van der Waals surface area contributed by atoms with Crippen molar-refractivity contribution < 1.29 is 14.3 Å². The molecule has 1 amide bonds. The molecule has 0 saturated carbocycles. The third-order valence-electron chi connectivity index (χ3n) is 4.63. The Kier molecular flexibility index (Phi) is 7.55. The molecule has 0 spiro atoms. The minimum absolute atomic E-state index is 0.0797. The van der Waals surface area contributed by atoms with E-state index in [1.54, 1.807) is 48.5 Å². The first kappa shape index (κ1) is 23.2. The van der Waals surface area contributed by atoms with Gasteiger partial charge in [-0.3, -0.25) is 9.59 Å². The Morgan fingerprint density at radius 1 is 1.09 bits per heavy atom. The van der Waals surface area contributed by atoms with Crippen molar-refractivity contribution in [1.29, 1.82) is 5.26 Å². The topological polar surface area (TPSA) is 119 Å². The zero-order valence-corrected chi connectivity index (χ0v) is 18.5. The van der Waals surface area contributed by atoms with Crippen molar-refractivity contribution in [2.45, 2.75) is 20.8 Å². The van der Waals surface area contributed by atoms with Gasteiger partial charge >= 0.3 is 0 Å². The molecule has 0 aliphatic rings. The number of nitrogens with zero attached hydrogens (tertiary/aromatic N) is 4. The summed E-state index contributed by atoms with van der Waals surface area (Å²) in [6.45, 7) is 6.34. The molecule has 0 aliphatic heterocycles. The maximum atomic E-state index is 12.8. The van der Waals surface area contributed by atoms with Gasteiger partial charge in [0.05, 0.1) is 25.1 Å². The number of nitriles is 1. The molecule has 9 heteroatoms. The molecule has 3 rings (SSSR count). The third kappa shape index (κ3) is 5.43. The van der Waals surface area contributed by atoms with Gasteiger partial charge < -0.3 is 9.47 Å². The second-order valence-corrected chi connectivity index (χ2v) is 6.81. The van der Waals surface area contributed by atoms with E-state index in [9.17, 15) is 14.9 Å². The van der Waals surface area contributed by atoms with Gasteiger partial charge in [-0.05, 0) is 74.9 Å². The van der Waals surface area contributed by atoms with Gasteiger partial charge in [-0.25, -0.2) is 5.43 Å². The number of carbonyl (C=O) groups excluding carboxylic acids is 1. The molecule has 9 nitrogen and oxygen atoms in total. The van der Waals surface area contributed by atoms with Crippen LogP contribution in [0.3, 0.4) is 0 Å². The van der Waals surface area contributed by atoms with Crippen LogP contribution in [0.2, 0.25) is 0 Å². The van der Waals surface area contributed by atoms with Crippen molar-refractivity contribution in [1.82, 2.24) is 15.2 Å². The van der Waals surface area contributed by atoms with Crippen LogP contribution >= 0.6 is 0 Å². The van der Waals surface area contributed by atoms with E-state index in [0.29, 0.717) is 24.7 Å². The maximum absolute atomic E-state index is 12.8. The average molecular weight is 445 g/mol. The van der Waals surface area contributed by atoms with Gasteiger partial charge in [0, 0.05) is 5.56 Å². The van der Waals surface area contributed by atoms with Crippen molar-refractivity contribution >= 4 is 12.1 Å². The number of hydrogen-bond donors (Lipinski definition) is 1. The highest BCUT2D eigenvalue weighted by molar-refractivity contribution is 5.94. The van der Waals surface area contributed by atoms with E-state index >= 15 is 0 Å². The van der Waals surface area contributed by atoms with Crippen molar-refractivity contribution in [2.24, 2.45) is 5.10 Å². The highest BCUT2D eigenvalue weighted by atomic mass is 16.5. The van der Waals surface area contributed by atoms with Gasteiger partial charge in [0.15, 0.2) is 5.69 Å². The molecule has 0 unspecified atom stereocenters. The van der Waals surface area contributed by atoms with E-state index in [4.69, 9.17) is 9.47 Å². The lowest BCUT2D eigenvalue weighted by molar-refractivity contribution is 0.0947. The van der Waals surface area contributed by atoms with Gasteiger partial charge in [-0.15, -0.1) is 0 Å².